The zero-order chi connectivity index (χ0) is 22.2. The normalized spacial score (nSPS) is 13.2. The number of rotatable bonds is 4. The van der Waals surface area contributed by atoms with Gasteiger partial charge < -0.3 is 5.11 Å². The molecule has 32 heavy (non-hydrogen) atoms. The van der Waals surface area contributed by atoms with Gasteiger partial charge in [-0.05, 0) is 35.1 Å². The van der Waals surface area contributed by atoms with E-state index in [1.807, 2.05) is 12.1 Å². The predicted octanol–water partition coefficient (Wildman–Crippen LogP) is 4.39. The molecule has 0 unspecified atom stereocenters. The fourth-order valence-electron chi connectivity index (χ4n) is 4.34. The largest absolute Gasteiger partial charge is 0.476 e. The topological polar surface area (TPSA) is 88.0 Å². The van der Waals surface area contributed by atoms with Crippen LogP contribution in [0.25, 0.3) is 0 Å². The van der Waals surface area contributed by atoms with Gasteiger partial charge in [0.05, 0.1) is 6.54 Å². The first-order valence-electron chi connectivity index (χ1n) is 10.2. The molecule has 8 heteroatoms. The second-order valence-electron chi connectivity index (χ2n) is 7.73. The van der Waals surface area contributed by atoms with Crippen molar-refractivity contribution < 1.29 is 9.90 Å². The minimum Gasteiger partial charge on any atom is -0.476 e. The molecule has 2 aromatic carbocycles. The Bertz CT molecular complexity index is 1400. The maximum Gasteiger partial charge on any atom is 0.355 e. The van der Waals surface area contributed by atoms with Crippen molar-refractivity contribution in [1.29, 1.82) is 0 Å². The quantitative estimate of drug-likeness (QED) is 0.440. The van der Waals surface area contributed by atoms with E-state index in [2.05, 4.69) is 46.4 Å². The third-order valence-corrected chi connectivity index (χ3v) is 6.99. The molecule has 5 rings (SSSR count). The number of aromatic nitrogens is 3. The number of benzene rings is 2. The van der Waals surface area contributed by atoms with Crippen molar-refractivity contribution in [3.05, 3.63) is 114 Å². The molecule has 2 aromatic heterocycles. The second kappa shape index (κ2) is 8.29. The molecule has 0 amide bonds. The molecule has 0 saturated carbocycles. The van der Waals surface area contributed by atoms with Gasteiger partial charge in [-0.2, -0.15) is 0 Å². The van der Waals surface area contributed by atoms with Crippen molar-refractivity contribution in [2.45, 2.75) is 25.3 Å². The molecule has 0 aliphatic heterocycles. The number of hydrogen-bond acceptors (Lipinski definition) is 5. The van der Waals surface area contributed by atoms with Crippen LogP contribution >= 0.6 is 23.6 Å². The third-order valence-electron chi connectivity index (χ3n) is 5.82. The zero-order valence-electron chi connectivity index (χ0n) is 16.9. The molecule has 0 bridgehead atoms. The van der Waals surface area contributed by atoms with Gasteiger partial charge in [-0.25, -0.2) is 14.6 Å². The van der Waals surface area contributed by atoms with Crippen LogP contribution in [-0.4, -0.2) is 25.6 Å². The number of carboxylic acids is 1. The molecule has 0 radical (unpaired) electrons. The van der Waals surface area contributed by atoms with Crippen LogP contribution in [0.3, 0.4) is 0 Å². The number of aryl methyl sites for hydroxylation is 2. The van der Waals surface area contributed by atoms with Crippen molar-refractivity contribution in [2.75, 3.05) is 0 Å². The lowest BCUT2D eigenvalue weighted by atomic mass is 9.84. The van der Waals surface area contributed by atoms with E-state index >= 15 is 0 Å². The molecule has 0 fully saturated rings. The van der Waals surface area contributed by atoms with Crippen molar-refractivity contribution in [1.82, 2.24) is 14.5 Å². The molecule has 1 aliphatic carbocycles. The highest BCUT2D eigenvalue weighted by molar-refractivity contribution is 7.71. The molecular weight excluding hydrogens is 442 g/mol. The Kier molecular flexibility index (Phi) is 5.32. The number of nitrogens with zero attached hydrogens (tertiary/aromatic N) is 2. The summed E-state index contributed by atoms with van der Waals surface area (Å²) < 4.78 is 1.93. The molecule has 2 N–H and O–H groups in total. The van der Waals surface area contributed by atoms with E-state index in [1.54, 1.807) is 6.20 Å². The highest BCUT2D eigenvalue weighted by Crippen LogP contribution is 2.38. The van der Waals surface area contributed by atoms with Crippen LogP contribution in [0.5, 0.6) is 0 Å². The molecule has 2 heterocycles. The second-order valence-corrected chi connectivity index (χ2v) is 9.08. The van der Waals surface area contributed by atoms with Crippen molar-refractivity contribution in [3.63, 3.8) is 0 Å². The number of hydrogen-bond donors (Lipinski definition) is 2. The summed E-state index contributed by atoms with van der Waals surface area (Å²) >= 11 is 6.84. The summed E-state index contributed by atoms with van der Waals surface area (Å²) in [6.45, 7) is 0.173. The first kappa shape index (κ1) is 20.5. The first-order chi connectivity index (χ1) is 15.5. The highest BCUT2D eigenvalue weighted by atomic mass is 32.1. The van der Waals surface area contributed by atoms with E-state index < -0.39 is 5.97 Å². The molecular formula is C24H19N3O3S2. The Morgan fingerprint density at radius 1 is 1.09 bits per heavy atom. The highest BCUT2D eigenvalue weighted by Gasteiger charge is 2.26. The smallest absolute Gasteiger partial charge is 0.355 e. The van der Waals surface area contributed by atoms with Gasteiger partial charge in [0, 0.05) is 23.1 Å². The van der Waals surface area contributed by atoms with Gasteiger partial charge in [0.15, 0.2) is 5.69 Å². The average Bonchev–Trinajstić information content (AvgIpc) is 3.19. The monoisotopic (exact) mass is 461 g/mol. The Morgan fingerprint density at radius 2 is 1.72 bits per heavy atom. The Morgan fingerprint density at radius 3 is 2.31 bits per heavy atom. The summed E-state index contributed by atoms with van der Waals surface area (Å²) in [7, 11) is 0. The van der Waals surface area contributed by atoms with Gasteiger partial charge in [-0.15, -0.1) is 11.3 Å². The lowest BCUT2D eigenvalue weighted by molar-refractivity contribution is 0.0691. The fourth-order valence-corrected chi connectivity index (χ4v) is 5.36. The van der Waals surface area contributed by atoms with Gasteiger partial charge in [-0.3, -0.25) is 9.55 Å². The van der Waals surface area contributed by atoms with E-state index in [0.29, 0.717) is 9.65 Å². The molecule has 160 valence electrons. The first-order valence-corrected chi connectivity index (χ1v) is 11.5. The van der Waals surface area contributed by atoms with Crippen LogP contribution in [-0.2, 0) is 19.4 Å². The van der Waals surface area contributed by atoms with Crippen LogP contribution in [0.4, 0.5) is 0 Å². The zero-order valence-corrected chi connectivity index (χ0v) is 18.6. The van der Waals surface area contributed by atoms with Crippen molar-refractivity contribution in [3.8, 4) is 0 Å². The number of H-pyrrole nitrogens is 1. The molecule has 0 atom stereocenters. The molecule has 4 aromatic rings. The van der Waals surface area contributed by atoms with Crippen LogP contribution in [0.15, 0.2) is 64.9 Å². The maximum atomic E-state index is 12.7. The molecule has 0 saturated heterocycles. The summed E-state index contributed by atoms with van der Waals surface area (Å²) in [5.41, 5.74) is 5.39. The maximum absolute atomic E-state index is 12.7. The standard InChI is InChI=1S/C24H19N3O3S2/c28-23(29)19-13-32-20(25-19)12-27-11-18(22(31)26-24(27)30)21-16-7-3-1-5-14(16)9-10-15-6-2-4-8-17(15)21/h1-8,11,13,21H,9-10,12H2,(H,28,29)(H,26,30,31). The SMILES string of the molecule is O=C(O)c1csc(Cn2cc(C3c4ccccc4CCc4ccccc43)c(=S)[nH]c2=O)n1. The van der Waals surface area contributed by atoms with Crippen molar-refractivity contribution in [2.24, 2.45) is 0 Å². The third kappa shape index (κ3) is 3.72. The lowest BCUT2D eigenvalue weighted by Gasteiger charge is -2.21. The van der Waals surface area contributed by atoms with Gasteiger partial charge >= 0.3 is 11.7 Å². The predicted molar refractivity (Wildman–Crippen MR) is 125 cm³/mol. The molecule has 0 spiro atoms. The van der Waals surface area contributed by atoms with Gasteiger partial charge in [0.25, 0.3) is 0 Å². The van der Waals surface area contributed by atoms with Gasteiger partial charge in [0.1, 0.15) is 9.65 Å². The van der Waals surface area contributed by atoms with Crippen molar-refractivity contribution >= 4 is 29.5 Å². The van der Waals surface area contributed by atoms with E-state index in [-0.39, 0.29) is 23.8 Å². The van der Waals surface area contributed by atoms with E-state index in [0.717, 1.165) is 18.4 Å². The fraction of sp³-hybridized carbons (Fsp3) is 0.167. The number of fused-ring (bicyclic) bond motifs is 2. The summed E-state index contributed by atoms with van der Waals surface area (Å²) in [6.07, 6.45) is 3.68. The molecule has 6 nitrogen and oxygen atoms in total. The minimum atomic E-state index is -1.08. The number of thiazole rings is 1. The van der Waals surface area contributed by atoms with Crippen LogP contribution in [0.1, 0.15) is 49.2 Å². The van der Waals surface area contributed by atoms with Gasteiger partial charge in [0.2, 0.25) is 0 Å². The number of aromatic carboxylic acids is 1. The Hall–Kier alpha value is -3.36. The summed E-state index contributed by atoms with van der Waals surface area (Å²) in [6, 6.07) is 16.7. The molecule has 1 aliphatic rings. The van der Waals surface area contributed by atoms with E-state index in [1.165, 1.54) is 43.5 Å². The number of aromatic amines is 1. The van der Waals surface area contributed by atoms with Crippen LogP contribution in [0.2, 0.25) is 0 Å². The number of carboxylic acid groups (broad SMARTS) is 1. The summed E-state index contributed by atoms with van der Waals surface area (Å²) in [5.74, 6) is -1.19. The van der Waals surface area contributed by atoms with E-state index in [4.69, 9.17) is 17.3 Å². The van der Waals surface area contributed by atoms with Crippen LogP contribution in [0, 0.1) is 4.64 Å². The Labute approximate surface area is 192 Å². The number of nitrogens with one attached hydrogen (secondary N) is 1. The van der Waals surface area contributed by atoms with Crippen LogP contribution < -0.4 is 5.69 Å². The number of carbonyl (C=O) groups is 1. The van der Waals surface area contributed by atoms with E-state index in [9.17, 15) is 9.59 Å². The van der Waals surface area contributed by atoms with Gasteiger partial charge in [-0.1, -0.05) is 60.7 Å². The average molecular weight is 462 g/mol. The lowest BCUT2D eigenvalue weighted by Crippen LogP contribution is -2.25. The minimum absolute atomic E-state index is 0.0197. The Balaban J connectivity index is 1.66. The summed E-state index contributed by atoms with van der Waals surface area (Å²) in [5, 5.41) is 11.2. The summed E-state index contributed by atoms with van der Waals surface area (Å²) in [4.78, 5) is 30.8.